The molecule has 4 heteroatoms. The highest BCUT2D eigenvalue weighted by atomic mass is 16.3. The van der Waals surface area contributed by atoms with E-state index in [1.165, 1.54) is 31.1 Å². The molecule has 2 N–H and O–H groups in total. The molecule has 1 unspecified atom stereocenters. The summed E-state index contributed by atoms with van der Waals surface area (Å²) in [6, 6.07) is 8.88. The number of aliphatic hydroxyl groups is 1. The Morgan fingerprint density at radius 3 is 2.75 bits per heavy atom. The Balaban J connectivity index is 1.66. The largest absolute Gasteiger partial charge is 0.394 e. The quantitative estimate of drug-likeness (QED) is 0.844. The van der Waals surface area contributed by atoms with E-state index in [2.05, 4.69) is 27.2 Å². The normalized spacial score (nSPS) is 22.1. The van der Waals surface area contributed by atoms with Crippen LogP contribution >= 0.6 is 0 Å². The second kappa shape index (κ2) is 4.57. The van der Waals surface area contributed by atoms with E-state index in [0.717, 1.165) is 12.1 Å². The third-order valence-electron chi connectivity index (χ3n) is 4.69. The molecular formula is C16H21N3O. The molecule has 20 heavy (non-hydrogen) atoms. The van der Waals surface area contributed by atoms with Gasteiger partial charge in [-0.2, -0.15) is 5.10 Å². The Morgan fingerprint density at radius 2 is 2.05 bits per heavy atom. The van der Waals surface area contributed by atoms with Crippen LogP contribution in [0.4, 0.5) is 0 Å². The zero-order valence-electron chi connectivity index (χ0n) is 11.6. The number of fused-ring (bicyclic) bond motifs is 1. The predicted molar refractivity (Wildman–Crippen MR) is 78.4 cm³/mol. The minimum Gasteiger partial charge on any atom is -0.394 e. The zero-order chi connectivity index (χ0) is 13.6. The first kappa shape index (κ1) is 12.4. The number of nitrogens with one attached hydrogen (secondary N) is 1. The molecule has 0 aliphatic heterocycles. The van der Waals surface area contributed by atoms with Crippen LogP contribution in [0.15, 0.2) is 30.5 Å². The predicted octanol–water partition coefficient (Wildman–Crippen LogP) is 1.93. The monoisotopic (exact) mass is 271 g/mol. The van der Waals surface area contributed by atoms with Crippen LogP contribution in [0.25, 0.3) is 10.9 Å². The molecule has 0 bridgehead atoms. The summed E-state index contributed by atoms with van der Waals surface area (Å²) in [6.07, 6.45) is 6.85. The van der Waals surface area contributed by atoms with Crippen molar-refractivity contribution in [1.29, 1.82) is 0 Å². The van der Waals surface area contributed by atoms with Crippen molar-refractivity contribution in [2.45, 2.75) is 43.8 Å². The van der Waals surface area contributed by atoms with Gasteiger partial charge in [0.1, 0.15) is 0 Å². The topological polar surface area (TPSA) is 50.1 Å². The minimum atomic E-state index is -0.185. The van der Waals surface area contributed by atoms with Crippen molar-refractivity contribution in [3.05, 3.63) is 30.5 Å². The van der Waals surface area contributed by atoms with Crippen LogP contribution in [-0.2, 0) is 6.54 Å². The van der Waals surface area contributed by atoms with E-state index in [0.29, 0.717) is 12.0 Å². The molecular weight excluding hydrogens is 250 g/mol. The lowest BCUT2D eigenvalue weighted by Gasteiger charge is -2.34. The van der Waals surface area contributed by atoms with Gasteiger partial charge in [-0.3, -0.25) is 4.68 Å². The molecule has 4 nitrogen and oxygen atoms in total. The van der Waals surface area contributed by atoms with Gasteiger partial charge in [-0.25, -0.2) is 0 Å². The summed E-state index contributed by atoms with van der Waals surface area (Å²) < 4.78 is 2.05. The first-order chi connectivity index (χ1) is 9.81. The maximum absolute atomic E-state index is 10.0. The summed E-state index contributed by atoms with van der Waals surface area (Å²) in [5.74, 6) is 0.594. The van der Waals surface area contributed by atoms with Crippen LogP contribution in [0.5, 0.6) is 0 Å². The second-order valence-electron chi connectivity index (χ2n) is 6.37. The van der Waals surface area contributed by atoms with Crippen LogP contribution in [0.3, 0.4) is 0 Å². The highest BCUT2D eigenvalue weighted by Gasteiger charge is 2.47. The Labute approximate surface area is 118 Å². The first-order valence-corrected chi connectivity index (χ1v) is 7.60. The lowest BCUT2D eigenvalue weighted by Crippen LogP contribution is -2.54. The number of aliphatic hydroxyl groups excluding tert-OH is 1. The average Bonchev–Trinajstić information content (AvgIpc) is 3.38. The van der Waals surface area contributed by atoms with Gasteiger partial charge in [-0.05, 0) is 37.7 Å². The van der Waals surface area contributed by atoms with E-state index in [9.17, 15) is 5.11 Å². The van der Waals surface area contributed by atoms with Crippen molar-refractivity contribution in [3.8, 4) is 0 Å². The molecule has 106 valence electrons. The third kappa shape index (κ3) is 2.13. The van der Waals surface area contributed by atoms with E-state index in [4.69, 9.17) is 0 Å². The minimum absolute atomic E-state index is 0.185. The molecule has 0 amide bonds. The maximum Gasteiger partial charge on any atom is 0.0683 e. The van der Waals surface area contributed by atoms with Crippen molar-refractivity contribution < 1.29 is 5.11 Å². The molecule has 1 heterocycles. The molecule has 1 aromatic heterocycles. The van der Waals surface area contributed by atoms with Crippen LogP contribution in [0, 0.1) is 5.92 Å². The van der Waals surface area contributed by atoms with Gasteiger partial charge in [-0.1, -0.05) is 18.2 Å². The van der Waals surface area contributed by atoms with Gasteiger partial charge in [-0.15, -0.1) is 0 Å². The van der Waals surface area contributed by atoms with Gasteiger partial charge >= 0.3 is 0 Å². The van der Waals surface area contributed by atoms with E-state index >= 15 is 0 Å². The summed E-state index contributed by atoms with van der Waals surface area (Å²) in [5.41, 5.74) is 0.972. The highest BCUT2D eigenvalue weighted by molar-refractivity contribution is 5.78. The fourth-order valence-electron chi connectivity index (χ4n) is 3.21. The number of rotatable bonds is 6. The molecule has 0 radical (unpaired) electrons. The zero-order valence-corrected chi connectivity index (χ0v) is 11.6. The van der Waals surface area contributed by atoms with E-state index in [1.54, 1.807) is 0 Å². The van der Waals surface area contributed by atoms with Crippen LogP contribution in [0.1, 0.15) is 25.7 Å². The smallest absolute Gasteiger partial charge is 0.0683 e. The van der Waals surface area contributed by atoms with Gasteiger partial charge in [0, 0.05) is 11.4 Å². The van der Waals surface area contributed by atoms with Gasteiger partial charge < -0.3 is 10.4 Å². The molecule has 1 aromatic carbocycles. The molecule has 2 aliphatic carbocycles. The fraction of sp³-hybridized carbons (Fsp3) is 0.562. The number of para-hydroxylation sites is 1. The Kier molecular flexibility index (Phi) is 2.82. The Hall–Kier alpha value is -1.39. The van der Waals surface area contributed by atoms with Gasteiger partial charge in [0.2, 0.25) is 0 Å². The molecule has 2 aromatic rings. The van der Waals surface area contributed by atoms with Crippen LogP contribution in [-0.4, -0.2) is 33.1 Å². The number of hydrogen-bond donors (Lipinski definition) is 2. The fourth-order valence-corrected chi connectivity index (χ4v) is 3.21. The van der Waals surface area contributed by atoms with Crippen molar-refractivity contribution >= 4 is 10.9 Å². The lowest BCUT2D eigenvalue weighted by molar-refractivity contribution is 0.117. The molecule has 2 aliphatic rings. The van der Waals surface area contributed by atoms with E-state index in [-0.39, 0.29) is 12.1 Å². The number of benzene rings is 1. The van der Waals surface area contributed by atoms with E-state index in [1.807, 2.05) is 18.3 Å². The van der Waals surface area contributed by atoms with Gasteiger partial charge in [0.05, 0.1) is 30.4 Å². The molecule has 4 rings (SSSR count). The van der Waals surface area contributed by atoms with Gasteiger partial charge in [0.25, 0.3) is 0 Å². The number of aromatic nitrogens is 2. The first-order valence-electron chi connectivity index (χ1n) is 7.60. The van der Waals surface area contributed by atoms with Crippen LogP contribution < -0.4 is 5.32 Å². The van der Waals surface area contributed by atoms with E-state index < -0.39 is 0 Å². The lowest BCUT2D eigenvalue weighted by atomic mass is 9.93. The summed E-state index contributed by atoms with van der Waals surface area (Å²) in [4.78, 5) is 0. The van der Waals surface area contributed by atoms with Crippen molar-refractivity contribution in [2.75, 3.05) is 6.61 Å². The Bertz CT molecular complexity index is 615. The molecule has 0 saturated heterocycles. The maximum atomic E-state index is 10.0. The standard InChI is InChI=1S/C16H21N3O/c20-11-16(13-5-6-13,18-14-7-8-14)10-19-15-4-2-1-3-12(15)9-17-19/h1-4,9,13-14,18,20H,5-8,10-11H2. The summed E-state index contributed by atoms with van der Waals surface area (Å²) in [6.45, 7) is 0.959. The summed E-state index contributed by atoms with van der Waals surface area (Å²) in [5, 5.41) is 19.4. The molecule has 2 fully saturated rings. The van der Waals surface area contributed by atoms with Crippen molar-refractivity contribution in [3.63, 3.8) is 0 Å². The van der Waals surface area contributed by atoms with Crippen LogP contribution in [0.2, 0.25) is 0 Å². The third-order valence-corrected chi connectivity index (χ3v) is 4.69. The second-order valence-corrected chi connectivity index (χ2v) is 6.37. The molecule has 1 atom stereocenters. The molecule has 0 spiro atoms. The molecule has 2 saturated carbocycles. The van der Waals surface area contributed by atoms with Gasteiger partial charge in [0.15, 0.2) is 0 Å². The Morgan fingerprint density at radius 1 is 1.25 bits per heavy atom. The average molecular weight is 271 g/mol. The SMILES string of the molecule is OCC(Cn1ncc2ccccc21)(NC1CC1)C1CC1. The number of hydrogen-bond acceptors (Lipinski definition) is 3. The number of nitrogens with zero attached hydrogens (tertiary/aromatic N) is 2. The van der Waals surface area contributed by atoms with Crippen molar-refractivity contribution in [2.24, 2.45) is 5.92 Å². The summed E-state index contributed by atoms with van der Waals surface area (Å²) >= 11 is 0. The van der Waals surface area contributed by atoms with Crippen molar-refractivity contribution in [1.82, 2.24) is 15.1 Å². The summed E-state index contributed by atoms with van der Waals surface area (Å²) in [7, 11) is 0. The highest BCUT2D eigenvalue weighted by Crippen LogP contribution is 2.42.